The number of nitrogens with zero attached hydrogens (tertiary/aromatic N) is 2. The SMILES string of the molecule is COCCNCC1CCN(c2nc[nH]c(=O)c2Br)CC1. The predicted octanol–water partition coefficient (Wildman–Crippen LogP) is 0.985. The molecule has 0 atom stereocenters. The van der Waals surface area contributed by atoms with Gasteiger partial charge in [0, 0.05) is 26.7 Å². The van der Waals surface area contributed by atoms with Gasteiger partial charge < -0.3 is 19.9 Å². The Morgan fingerprint density at radius 2 is 2.30 bits per heavy atom. The van der Waals surface area contributed by atoms with E-state index in [0.717, 1.165) is 51.4 Å². The van der Waals surface area contributed by atoms with E-state index < -0.39 is 0 Å². The second-order valence-electron chi connectivity index (χ2n) is 5.00. The van der Waals surface area contributed by atoms with Crippen LogP contribution in [-0.4, -0.2) is 49.9 Å². The van der Waals surface area contributed by atoms with Gasteiger partial charge in [-0.15, -0.1) is 0 Å². The summed E-state index contributed by atoms with van der Waals surface area (Å²) in [4.78, 5) is 20.6. The lowest BCUT2D eigenvalue weighted by molar-refractivity contribution is 0.196. The summed E-state index contributed by atoms with van der Waals surface area (Å²) in [5.41, 5.74) is -0.127. The van der Waals surface area contributed by atoms with Crippen molar-refractivity contribution in [1.29, 1.82) is 0 Å². The van der Waals surface area contributed by atoms with Gasteiger partial charge in [0.2, 0.25) is 0 Å². The fraction of sp³-hybridized carbons (Fsp3) is 0.692. The van der Waals surface area contributed by atoms with Gasteiger partial charge in [-0.05, 0) is 41.2 Å². The molecule has 1 aromatic heterocycles. The zero-order valence-corrected chi connectivity index (χ0v) is 13.3. The first-order valence-corrected chi connectivity index (χ1v) is 7.69. The van der Waals surface area contributed by atoms with E-state index in [1.54, 1.807) is 7.11 Å². The van der Waals surface area contributed by atoms with Crippen molar-refractivity contribution in [3.63, 3.8) is 0 Å². The lowest BCUT2D eigenvalue weighted by atomic mass is 9.97. The van der Waals surface area contributed by atoms with Crippen LogP contribution in [0.2, 0.25) is 0 Å². The van der Waals surface area contributed by atoms with E-state index >= 15 is 0 Å². The van der Waals surface area contributed by atoms with Crippen LogP contribution in [0.5, 0.6) is 0 Å². The van der Waals surface area contributed by atoms with Gasteiger partial charge in [-0.25, -0.2) is 4.98 Å². The molecule has 20 heavy (non-hydrogen) atoms. The zero-order valence-electron chi connectivity index (χ0n) is 11.7. The summed E-state index contributed by atoms with van der Waals surface area (Å²) in [6, 6.07) is 0. The Hall–Kier alpha value is -0.920. The molecule has 112 valence electrons. The molecular weight excluding hydrogens is 324 g/mol. The van der Waals surface area contributed by atoms with E-state index in [9.17, 15) is 4.79 Å². The van der Waals surface area contributed by atoms with Crippen LogP contribution in [0.3, 0.4) is 0 Å². The lowest BCUT2D eigenvalue weighted by Crippen LogP contribution is -2.39. The number of ether oxygens (including phenoxy) is 1. The maximum atomic E-state index is 11.6. The highest BCUT2D eigenvalue weighted by Gasteiger charge is 2.22. The van der Waals surface area contributed by atoms with Crippen LogP contribution in [0.1, 0.15) is 12.8 Å². The summed E-state index contributed by atoms with van der Waals surface area (Å²) in [5.74, 6) is 1.43. The Bertz CT molecular complexity index is 472. The van der Waals surface area contributed by atoms with Crippen LogP contribution >= 0.6 is 15.9 Å². The number of anilines is 1. The fourth-order valence-corrected chi connectivity index (χ4v) is 2.89. The molecule has 1 aromatic rings. The van der Waals surface area contributed by atoms with Gasteiger partial charge in [0.1, 0.15) is 10.3 Å². The number of halogens is 1. The number of aromatic amines is 1. The molecule has 0 aliphatic carbocycles. The average Bonchev–Trinajstić information content (AvgIpc) is 2.47. The third-order valence-electron chi connectivity index (χ3n) is 3.61. The van der Waals surface area contributed by atoms with Crippen molar-refractivity contribution in [3.05, 3.63) is 21.2 Å². The molecular formula is C13H21BrN4O2. The molecule has 1 aliphatic rings. The van der Waals surface area contributed by atoms with Crippen LogP contribution in [0.15, 0.2) is 15.6 Å². The minimum atomic E-state index is -0.127. The normalized spacial score (nSPS) is 16.6. The van der Waals surface area contributed by atoms with Crippen molar-refractivity contribution in [1.82, 2.24) is 15.3 Å². The zero-order chi connectivity index (χ0) is 14.4. The molecule has 1 saturated heterocycles. The number of piperidine rings is 1. The van der Waals surface area contributed by atoms with E-state index in [4.69, 9.17) is 4.74 Å². The molecule has 6 nitrogen and oxygen atoms in total. The van der Waals surface area contributed by atoms with E-state index in [-0.39, 0.29) is 5.56 Å². The smallest absolute Gasteiger partial charge is 0.267 e. The van der Waals surface area contributed by atoms with Crippen molar-refractivity contribution >= 4 is 21.7 Å². The molecule has 0 bridgehead atoms. The second-order valence-corrected chi connectivity index (χ2v) is 5.79. The number of hydrogen-bond acceptors (Lipinski definition) is 5. The first-order chi connectivity index (χ1) is 9.72. The molecule has 0 aromatic carbocycles. The highest BCUT2D eigenvalue weighted by atomic mass is 79.9. The predicted molar refractivity (Wildman–Crippen MR) is 82.2 cm³/mol. The summed E-state index contributed by atoms with van der Waals surface area (Å²) < 4.78 is 5.54. The minimum Gasteiger partial charge on any atom is -0.383 e. The van der Waals surface area contributed by atoms with Crippen LogP contribution in [0.25, 0.3) is 0 Å². The molecule has 0 spiro atoms. The number of methoxy groups -OCH3 is 1. The van der Waals surface area contributed by atoms with Crippen LogP contribution in [0.4, 0.5) is 5.82 Å². The van der Waals surface area contributed by atoms with Gasteiger partial charge in [-0.3, -0.25) is 4.79 Å². The maximum Gasteiger partial charge on any atom is 0.267 e. The minimum absolute atomic E-state index is 0.127. The first kappa shape index (κ1) is 15.5. The third-order valence-corrected chi connectivity index (χ3v) is 4.32. The van der Waals surface area contributed by atoms with Gasteiger partial charge >= 0.3 is 0 Å². The van der Waals surface area contributed by atoms with Crippen molar-refractivity contribution in [2.45, 2.75) is 12.8 Å². The Morgan fingerprint density at radius 1 is 1.55 bits per heavy atom. The third kappa shape index (κ3) is 4.04. The van der Waals surface area contributed by atoms with Gasteiger partial charge in [-0.1, -0.05) is 0 Å². The van der Waals surface area contributed by atoms with E-state index in [1.807, 2.05) is 0 Å². The molecule has 7 heteroatoms. The summed E-state index contributed by atoms with van der Waals surface area (Å²) >= 11 is 3.32. The Labute approximate surface area is 127 Å². The van der Waals surface area contributed by atoms with Gasteiger partial charge in [-0.2, -0.15) is 0 Å². The Balaban J connectivity index is 1.82. The number of nitrogens with one attached hydrogen (secondary N) is 2. The van der Waals surface area contributed by atoms with Gasteiger partial charge in [0.15, 0.2) is 0 Å². The second kappa shape index (κ2) is 7.75. The summed E-state index contributed by atoms with van der Waals surface area (Å²) in [6.07, 6.45) is 3.68. The van der Waals surface area contributed by atoms with Crippen LogP contribution in [-0.2, 0) is 4.74 Å². The molecule has 2 rings (SSSR count). The first-order valence-electron chi connectivity index (χ1n) is 6.90. The van der Waals surface area contributed by atoms with Crippen LogP contribution < -0.4 is 15.8 Å². The Kier molecular flexibility index (Phi) is 6.00. The van der Waals surface area contributed by atoms with Crippen molar-refractivity contribution < 1.29 is 4.74 Å². The highest BCUT2D eigenvalue weighted by Crippen LogP contribution is 2.25. The topological polar surface area (TPSA) is 70.2 Å². The summed E-state index contributed by atoms with van der Waals surface area (Å²) in [5, 5.41) is 3.41. The average molecular weight is 345 g/mol. The van der Waals surface area contributed by atoms with Crippen molar-refractivity contribution in [2.24, 2.45) is 5.92 Å². The van der Waals surface area contributed by atoms with Gasteiger partial charge in [0.25, 0.3) is 5.56 Å². The molecule has 0 amide bonds. The Morgan fingerprint density at radius 3 is 3.00 bits per heavy atom. The van der Waals surface area contributed by atoms with E-state index in [1.165, 1.54) is 6.33 Å². The molecule has 0 unspecified atom stereocenters. The summed E-state index contributed by atoms with van der Waals surface area (Å²) in [6.45, 7) is 4.55. The van der Waals surface area contributed by atoms with E-state index in [2.05, 4.69) is 36.1 Å². The fourth-order valence-electron chi connectivity index (χ4n) is 2.42. The molecule has 1 fully saturated rings. The summed E-state index contributed by atoms with van der Waals surface area (Å²) in [7, 11) is 1.71. The maximum absolute atomic E-state index is 11.6. The standard InChI is InChI=1S/C13H21BrN4O2/c1-20-7-4-15-8-10-2-5-18(6-3-10)12-11(14)13(19)17-9-16-12/h9-10,15H,2-8H2,1H3,(H,16,17,19). The monoisotopic (exact) mass is 344 g/mol. The molecule has 0 saturated carbocycles. The van der Waals surface area contributed by atoms with E-state index in [0.29, 0.717) is 10.4 Å². The number of rotatable bonds is 6. The lowest BCUT2D eigenvalue weighted by Gasteiger charge is -2.33. The molecule has 2 N–H and O–H groups in total. The number of aromatic nitrogens is 2. The van der Waals surface area contributed by atoms with Crippen molar-refractivity contribution in [3.8, 4) is 0 Å². The molecule has 0 radical (unpaired) electrons. The number of H-pyrrole nitrogens is 1. The number of hydrogen-bond donors (Lipinski definition) is 2. The van der Waals surface area contributed by atoms with Crippen LogP contribution in [0, 0.1) is 5.92 Å². The quantitative estimate of drug-likeness (QED) is 0.753. The largest absolute Gasteiger partial charge is 0.383 e. The molecule has 1 aliphatic heterocycles. The molecule has 2 heterocycles. The van der Waals surface area contributed by atoms with Crippen molar-refractivity contribution in [2.75, 3.05) is 44.8 Å². The van der Waals surface area contributed by atoms with Gasteiger partial charge in [0.05, 0.1) is 12.9 Å². The highest BCUT2D eigenvalue weighted by molar-refractivity contribution is 9.10.